The minimum Gasteiger partial charge on any atom is -0.377 e. The van der Waals surface area contributed by atoms with Gasteiger partial charge in [-0.05, 0) is 31.5 Å². The van der Waals surface area contributed by atoms with Crippen LogP contribution in [0.5, 0.6) is 0 Å². The summed E-state index contributed by atoms with van der Waals surface area (Å²) in [7, 11) is 0. The molecule has 2 rings (SSSR count). The number of fused-ring (bicyclic) bond motifs is 1. The Morgan fingerprint density at radius 2 is 2.00 bits per heavy atom. The largest absolute Gasteiger partial charge is 0.377 e. The molecule has 3 nitrogen and oxygen atoms in total. The molecule has 2 aromatic rings. The quantitative estimate of drug-likeness (QED) is 0.878. The number of ether oxygens (including phenoxy) is 1. The van der Waals surface area contributed by atoms with E-state index in [-0.39, 0.29) is 12.1 Å². The molecule has 0 spiro atoms. The van der Waals surface area contributed by atoms with Crippen LogP contribution in [0.1, 0.15) is 25.5 Å². The van der Waals surface area contributed by atoms with Crippen molar-refractivity contribution in [1.82, 2.24) is 4.98 Å². The lowest BCUT2D eigenvalue weighted by Crippen LogP contribution is -2.20. The van der Waals surface area contributed by atoms with Gasteiger partial charge in [0, 0.05) is 11.6 Å². The third-order valence-electron chi connectivity index (χ3n) is 2.69. The van der Waals surface area contributed by atoms with E-state index < -0.39 is 0 Å². The molecule has 0 fully saturated rings. The molecule has 1 aromatic carbocycles. The normalized spacial score (nSPS) is 13.2. The number of benzene rings is 1. The molecular formula is C14H18N2O. The zero-order chi connectivity index (χ0) is 12.3. The first-order chi connectivity index (χ1) is 8.18. The molecule has 0 radical (unpaired) electrons. The predicted molar refractivity (Wildman–Crippen MR) is 69.8 cm³/mol. The lowest BCUT2D eigenvalue weighted by Gasteiger charge is -2.16. The smallest absolute Gasteiger partial charge is 0.0705 e. The summed E-state index contributed by atoms with van der Waals surface area (Å²) < 4.78 is 5.56. The Hall–Kier alpha value is -1.45. The average molecular weight is 230 g/mol. The summed E-state index contributed by atoms with van der Waals surface area (Å²) in [4.78, 5) is 4.32. The monoisotopic (exact) mass is 230 g/mol. The van der Waals surface area contributed by atoms with Crippen LogP contribution in [0.2, 0.25) is 0 Å². The zero-order valence-corrected chi connectivity index (χ0v) is 10.3. The van der Waals surface area contributed by atoms with Gasteiger partial charge in [0.15, 0.2) is 0 Å². The minimum atomic E-state index is -0.106. The molecule has 0 saturated heterocycles. The first-order valence-corrected chi connectivity index (χ1v) is 5.89. The molecule has 0 aliphatic heterocycles. The van der Waals surface area contributed by atoms with Gasteiger partial charge in [-0.25, -0.2) is 0 Å². The van der Waals surface area contributed by atoms with Gasteiger partial charge in [-0.15, -0.1) is 0 Å². The summed E-state index contributed by atoms with van der Waals surface area (Å²) in [6.45, 7) is 4.56. The highest BCUT2D eigenvalue weighted by Gasteiger charge is 2.10. The van der Waals surface area contributed by atoms with Crippen molar-refractivity contribution in [3.63, 3.8) is 0 Å². The number of hydrogen-bond acceptors (Lipinski definition) is 3. The standard InChI is InChI=1S/C14H18N2O/c1-10(2)17-9-13(15)11-7-8-16-14-6-4-3-5-12(11)14/h3-8,10,13H,9,15H2,1-2H3. The van der Waals surface area contributed by atoms with Crippen LogP contribution in [-0.2, 0) is 4.74 Å². The van der Waals surface area contributed by atoms with E-state index in [4.69, 9.17) is 10.5 Å². The first-order valence-electron chi connectivity index (χ1n) is 5.89. The predicted octanol–water partition coefficient (Wildman–Crippen LogP) is 2.66. The van der Waals surface area contributed by atoms with Gasteiger partial charge >= 0.3 is 0 Å². The minimum absolute atomic E-state index is 0.106. The molecule has 0 bridgehead atoms. The number of rotatable bonds is 4. The fourth-order valence-corrected chi connectivity index (χ4v) is 1.83. The zero-order valence-electron chi connectivity index (χ0n) is 10.3. The van der Waals surface area contributed by atoms with Crippen molar-refractivity contribution in [2.75, 3.05) is 6.61 Å². The van der Waals surface area contributed by atoms with Crippen LogP contribution < -0.4 is 5.73 Å². The Labute approximate surface area is 102 Å². The first kappa shape index (κ1) is 12.0. The molecule has 1 aromatic heterocycles. The lowest BCUT2D eigenvalue weighted by atomic mass is 10.0. The second-order valence-electron chi connectivity index (χ2n) is 4.41. The molecular weight excluding hydrogens is 212 g/mol. The highest BCUT2D eigenvalue weighted by atomic mass is 16.5. The second-order valence-corrected chi connectivity index (χ2v) is 4.41. The Balaban J connectivity index is 2.28. The Morgan fingerprint density at radius 3 is 2.76 bits per heavy atom. The third-order valence-corrected chi connectivity index (χ3v) is 2.69. The van der Waals surface area contributed by atoms with E-state index in [0.29, 0.717) is 6.61 Å². The van der Waals surface area contributed by atoms with Crippen LogP contribution in [-0.4, -0.2) is 17.7 Å². The molecule has 1 atom stereocenters. The average Bonchev–Trinajstić information content (AvgIpc) is 2.35. The molecule has 2 N–H and O–H groups in total. The fraction of sp³-hybridized carbons (Fsp3) is 0.357. The van der Waals surface area contributed by atoms with Crippen molar-refractivity contribution in [2.45, 2.75) is 26.0 Å². The fourth-order valence-electron chi connectivity index (χ4n) is 1.83. The number of hydrogen-bond donors (Lipinski definition) is 1. The summed E-state index contributed by atoms with van der Waals surface area (Å²) >= 11 is 0. The van der Waals surface area contributed by atoms with Crippen LogP contribution >= 0.6 is 0 Å². The Kier molecular flexibility index (Phi) is 3.71. The highest BCUT2D eigenvalue weighted by Crippen LogP contribution is 2.21. The molecule has 1 unspecified atom stereocenters. The van der Waals surface area contributed by atoms with E-state index >= 15 is 0 Å². The number of nitrogens with zero attached hydrogens (tertiary/aromatic N) is 1. The second kappa shape index (κ2) is 5.25. The maximum atomic E-state index is 6.16. The van der Waals surface area contributed by atoms with Gasteiger partial charge in [-0.2, -0.15) is 0 Å². The highest BCUT2D eigenvalue weighted by molar-refractivity contribution is 5.82. The SMILES string of the molecule is CC(C)OCC(N)c1ccnc2ccccc12. The van der Waals surface area contributed by atoms with Crippen LogP contribution in [0.15, 0.2) is 36.5 Å². The van der Waals surface area contributed by atoms with Crippen LogP contribution in [0.4, 0.5) is 0 Å². The molecule has 0 saturated carbocycles. The maximum Gasteiger partial charge on any atom is 0.0705 e. The number of nitrogens with two attached hydrogens (primary N) is 1. The van der Waals surface area contributed by atoms with Crippen LogP contribution in [0.25, 0.3) is 10.9 Å². The van der Waals surface area contributed by atoms with Crippen molar-refractivity contribution in [1.29, 1.82) is 0 Å². The van der Waals surface area contributed by atoms with Crippen molar-refractivity contribution in [3.05, 3.63) is 42.1 Å². The van der Waals surface area contributed by atoms with Crippen molar-refractivity contribution in [2.24, 2.45) is 5.73 Å². The maximum absolute atomic E-state index is 6.16. The molecule has 0 aliphatic rings. The van der Waals surface area contributed by atoms with Crippen molar-refractivity contribution < 1.29 is 4.74 Å². The molecule has 1 heterocycles. The molecule has 17 heavy (non-hydrogen) atoms. The van der Waals surface area contributed by atoms with Gasteiger partial charge in [0.2, 0.25) is 0 Å². The molecule has 90 valence electrons. The lowest BCUT2D eigenvalue weighted by molar-refractivity contribution is 0.0685. The van der Waals surface area contributed by atoms with E-state index in [9.17, 15) is 0 Å². The number of para-hydroxylation sites is 1. The van der Waals surface area contributed by atoms with E-state index in [1.165, 1.54) is 0 Å². The van der Waals surface area contributed by atoms with E-state index in [2.05, 4.69) is 4.98 Å². The van der Waals surface area contributed by atoms with Crippen molar-refractivity contribution in [3.8, 4) is 0 Å². The number of aromatic nitrogens is 1. The molecule has 0 amide bonds. The summed E-state index contributed by atoms with van der Waals surface area (Å²) in [5.41, 5.74) is 8.23. The summed E-state index contributed by atoms with van der Waals surface area (Å²) in [5, 5.41) is 1.11. The van der Waals surface area contributed by atoms with Gasteiger partial charge in [-0.1, -0.05) is 18.2 Å². The number of pyridine rings is 1. The summed E-state index contributed by atoms with van der Waals surface area (Å²) in [5.74, 6) is 0. The van der Waals surface area contributed by atoms with Gasteiger partial charge < -0.3 is 10.5 Å². The van der Waals surface area contributed by atoms with Gasteiger partial charge in [0.25, 0.3) is 0 Å². The molecule has 0 aliphatic carbocycles. The van der Waals surface area contributed by atoms with Gasteiger partial charge in [0.1, 0.15) is 0 Å². The van der Waals surface area contributed by atoms with E-state index in [1.54, 1.807) is 6.20 Å². The molecule has 3 heteroatoms. The van der Waals surface area contributed by atoms with Gasteiger partial charge in [0.05, 0.1) is 24.3 Å². The summed E-state index contributed by atoms with van der Waals surface area (Å²) in [6.07, 6.45) is 2.00. The van der Waals surface area contributed by atoms with Gasteiger partial charge in [-0.3, -0.25) is 4.98 Å². The Morgan fingerprint density at radius 1 is 1.24 bits per heavy atom. The topological polar surface area (TPSA) is 48.1 Å². The summed E-state index contributed by atoms with van der Waals surface area (Å²) in [6, 6.07) is 9.89. The van der Waals surface area contributed by atoms with E-state index in [1.807, 2.05) is 44.2 Å². The van der Waals surface area contributed by atoms with Crippen LogP contribution in [0, 0.1) is 0 Å². The van der Waals surface area contributed by atoms with E-state index in [0.717, 1.165) is 16.5 Å². The van der Waals surface area contributed by atoms with Crippen molar-refractivity contribution >= 4 is 10.9 Å². The Bertz CT molecular complexity index is 491. The van der Waals surface area contributed by atoms with Crippen LogP contribution in [0.3, 0.4) is 0 Å². The third kappa shape index (κ3) is 2.81.